The molecule has 5 rings (SSSR count). The van der Waals surface area contributed by atoms with Crippen molar-refractivity contribution >= 4 is 17.8 Å². The first-order valence-corrected chi connectivity index (χ1v) is 9.79. The molecule has 6 heteroatoms. The van der Waals surface area contributed by atoms with Crippen molar-refractivity contribution in [3.63, 3.8) is 0 Å². The van der Waals surface area contributed by atoms with Crippen molar-refractivity contribution in [3.05, 3.63) is 88.7 Å². The number of Topliss-reactive ketones (excluding diaryl/α,β-unsaturated/α-hetero) is 1. The van der Waals surface area contributed by atoms with Crippen molar-refractivity contribution in [2.24, 2.45) is 0 Å². The molecule has 2 aliphatic rings. The number of allylic oxidation sites excluding steroid dienone is 1. The highest BCUT2D eigenvalue weighted by Crippen LogP contribution is 2.49. The number of carbonyl (C=O) groups is 2. The van der Waals surface area contributed by atoms with Gasteiger partial charge in [-0.25, -0.2) is 0 Å². The third-order valence-corrected chi connectivity index (χ3v) is 5.48. The summed E-state index contributed by atoms with van der Waals surface area (Å²) in [5.41, 5.74) is 2.57. The summed E-state index contributed by atoms with van der Waals surface area (Å²) in [6.45, 7) is 0. The molecule has 0 radical (unpaired) electrons. The van der Waals surface area contributed by atoms with Crippen LogP contribution >= 0.6 is 0 Å². The van der Waals surface area contributed by atoms with Crippen LogP contribution in [0.3, 0.4) is 0 Å². The largest absolute Gasteiger partial charge is 0.504 e. The highest BCUT2D eigenvalue weighted by atomic mass is 16.5. The van der Waals surface area contributed by atoms with E-state index in [1.807, 2.05) is 30.3 Å². The molecule has 1 N–H and O–H groups in total. The van der Waals surface area contributed by atoms with Crippen molar-refractivity contribution in [2.45, 2.75) is 12.3 Å². The molecular weight excluding hydrogens is 396 g/mol. The number of hydrogen-bond acceptors (Lipinski definition) is 6. The second-order valence-electron chi connectivity index (χ2n) is 7.37. The first kappa shape index (κ1) is 18.9. The normalized spacial score (nSPS) is 18.2. The molecule has 0 aliphatic carbocycles. The van der Waals surface area contributed by atoms with Crippen LogP contribution < -0.4 is 14.2 Å². The number of rotatable bonds is 3. The van der Waals surface area contributed by atoms with Crippen LogP contribution in [-0.2, 0) is 4.79 Å². The van der Waals surface area contributed by atoms with Crippen LogP contribution in [0.25, 0.3) is 6.08 Å². The van der Waals surface area contributed by atoms with Crippen LogP contribution in [0.4, 0.5) is 0 Å². The summed E-state index contributed by atoms with van der Waals surface area (Å²) in [6.07, 6.45) is 1.75. The number of hydrogen-bond donors (Lipinski definition) is 1. The number of aromatic hydroxyl groups is 1. The molecule has 0 bridgehead atoms. The molecule has 154 valence electrons. The third kappa shape index (κ3) is 3.22. The Morgan fingerprint density at radius 3 is 2.58 bits per heavy atom. The van der Waals surface area contributed by atoms with Gasteiger partial charge in [0, 0.05) is 11.5 Å². The number of benzene rings is 3. The molecule has 31 heavy (non-hydrogen) atoms. The van der Waals surface area contributed by atoms with Gasteiger partial charge in [-0.05, 0) is 41.5 Å². The smallest absolute Gasteiger partial charge is 0.312 e. The van der Waals surface area contributed by atoms with Crippen molar-refractivity contribution < 1.29 is 28.9 Å². The lowest BCUT2D eigenvalue weighted by Crippen LogP contribution is -2.21. The summed E-state index contributed by atoms with van der Waals surface area (Å²) >= 11 is 0. The molecule has 0 saturated carbocycles. The molecule has 3 aromatic rings. The maximum atomic E-state index is 13.0. The SMILES string of the molecule is COc1ccc([C@@H]2CC(=O)Oc3ccc4c(c32)O/C(=C\c2ccccc2)C4=O)cc1O. The number of methoxy groups -OCH3 is 1. The van der Waals surface area contributed by atoms with Crippen molar-refractivity contribution in [1.82, 2.24) is 0 Å². The Labute approximate surface area is 178 Å². The van der Waals surface area contributed by atoms with E-state index in [9.17, 15) is 14.7 Å². The Morgan fingerprint density at radius 2 is 1.84 bits per heavy atom. The van der Waals surface area contributed by atoms with Gasteiger partial charge in [-0.1, -0.05) is 36.4 Å². The number of fused-ring (bicyclic) bond motifs is 3. The minimum Gasteiger partial charge on any atom is -0.504 e. The lowest BCUT2D eigenvalue weighted by Gasteiger charge is -2.26. The van der Waals surface area contributed by atoms with Crippen molar-refractivity contribution in [2.75, 3.05) is 7.11 Å². The Morgan fingerprint density at radius 1 is 1.03 bits per heavy atom. The average molecular weight is 414 g/mol. The summed E-state index contributed by atoms with van der Waals surface area (Å²) in [5, 5.41) is 10.2. The van der Waals surface area contributed by atoms with E-state index in [4.69, 9.17) is 14.2 Å². The summed E-state index contributed by atoms with van der Waals surface area (Å²) in [7, 11) is 1.47. The van der Waals surface area contributed by atoms with Crippen molar-refractivity contribution in [1.29, 1.82) is 0 Å². The Hall–Kier alpha value is -4.06. The van der Waals surface area contributed by atoms with Gasteiger partial charge in [0.05, 0.1) is 19.1 Å². The van der Waals surface area contributed by atoms with Crippen LogP contribution in [0.15, 0.2) is 66.4 Å². The zero-order valence-electron chi connectivity index (χ0n) is 16.6. The molecule has 2 heterocycles. The topological polar surface area (TPSA) is 82.1 Å². The lowest BCUT2D eigenvalue weighted by atomic mass is 9.84. The zero-order chi connectivity index (χ0) is 21.5. The summed E-state index contributed by atoms with van der Waals surface area (Å²) in [6, 6.07) is 17.6. The van der Waals surface area contributed by atoms with E-state index in [1.165, 1.54) is 7.11 Å². The fourth-order valence-corrected chi connectivity index (χ4v) is 4.02. The monoisotopic (exact) mass is 414 g/mol. The standard InChI is InChI=1S/C25H18O6/c1-29-19-9-7-15(12-18(19)26)17-13-22(27)30-20-10-8-16-24(28)21(31-25(16)23(17)20)11-14-5-3-2-4-6-14/h2-12,17,26H,13H2,1H3/b21-11-/t17-/m0/s1. The molecule has 0 aromatic heterocycles. The van der Waals surface area contributed by atoms with E-state index in [0.29, 0.717) is 33.9 Å². The van der Waals surface area contributed by atoms with E-state index < -0.39 is 11.9 Å². The summed E-state index contributed by atoms with van der Waals surface area (Å²) < 4.78 is 16.6. The third-order valence-electron chi connectivity index (χ3n) is 5.48. The number of ether oxygens (including phenoxy) is 3. The highest BCUT2D eigenvalue weighted by Gasteiger charge is 2.38. The van der Waals surface area contributed by atoms with E-state index in [1.54, 1.807) is 36.4 Å². The minimum absolute atomic E-state index is 0.0327. The fourth-order valence-electron chi connectivity index (χ4n) is 4.02. The predicted molar refractivity (Wildman–Crippen MR) is 113 cm³/mol. The van der Waals surface area contributed by atoms with Gasteiger partial charge in [0.1, 0.15) is 11.5 Å². The van der Waals surface area contributed by atoms with Crippen LogP contribution in [-0.4, -0.2) is 24.0 Å². The van der Waals surface area contributed by atoms with E-state index in [2.05, 4.69) is 0 Å². The summed E-state index contributed by atoms with van der Waals surface area (Å²) in [5.74, 6) is 0.193. The van der Waals surface area contributed by atoms with Gasteiger partial charge >= 0.3 is 5.97 Å². The maximum absolute atomic E-state index is 13.0. The Kier molecular flexibility index (Phi) is 4.47. The molecule has 1 atom stereocenters. The van der Waals surface area contributed by atoms with Crippen LogP contribution in [0, 0.1) is 0 Å². The van der Waals surface area contributed by atoms with Gasteiger partial charge in [-0.3, -0.25) is 9.59 Å². The second kappa shape index (κ2) is 7.32. The van der Waals surface area contributed by atoms with Gasteiger partial charge in [0.25, 0.3) is 0 Å². The van der Waals surface area contributed by atoms with Gasteiger partial charge in [-0.2, -0.15) is 0 Å². The molecular formula is C25H18O6. The fraction of sp³-hybridized carbons (Fsp3) is 0.120. The first-order valence-electron chi connectivity index (χ1n) is 9.79. The molecule has 0 amide bonds. The molecule has 0 saturated heterocycles. The maximum Gasteiger partial charge on any atom is 0.312 e. The van der Waals surface area contributed by atoms with Crippen LogP contribution in [0.2, 0.25) is 0 Å². The van der Waals surface area contributed by atoms with Crippen LogP contribution in [0.1, 0.15) is 39.4 Å². The molecule has 6 nitrogen and oxygen atoms in total. The number of carbonyl (C=O) groups excluding carboxylic acids is 2. The average Bonchev–Trinajstić information content (AvgIpc) is 3.09. The van der Waals surface area contributed by atoms with Gasteiger partial charge < -0.3 is 19.3 Å². The Bertz CT molecular complexity index is 1240. The lowest BCUT2D eigenvalue weighted by molar-refractivity contribution is -0.135. The quantitative estimate of drug-likeness (QED) is 0.387. The van der Waals surface area contributed by atoms with Gasteiger partial charge in [0.2, 0.25) is 5.78 Å². The van der Waals surface area contributed by atoms with Crippen LogP contribution in [0.5, 0.6) is 23.0 Å². The molecule has 3 aromatic carbocycles. The van der Waals surface area contributed by atoms with Crippen molar-refractivity contribution in [3.8, 4) is 23.0 Å². The zero-order valence-corrected chi connectivity index (χ0v) is 16.6. The second-order valence-corrected chi connectivity index (χ2v) is 7.37. The molecule has 2 aliphatic heterocycles. The molecule has 0 unspecified atom stereocenters. The number of esters is 1. The van der Waals surface area contributed by atoms with Gasteiger partial charge in [-0.15, -0.1) is 0 Å². The van der Waals surface area contributed by atoms with E-state index >= 15 is 0 Å². The van der Waals surface area contributed by atoms with Gasteiger partial charge in [0.15, 0.2) is 17.3 Å². The first-order chi connectivity index (χ1) is 15.0. The molecule has 0 spiro atoms. The number of phenolic OH excluding ortho intramolecular Hbond substituents is 1. The predicted octanol–water partition coefficient (Wildman–Crippen LogP) is 4.46. The molecule has 0 fully saturated rings. The van der Waals surface area contributed by atoms with E-state index in [0.717, 1.165) is 5.56 Å². The highest BCUT2D eigenvalue weighted by molar-refractivity contribution is 6.15. The number of phenols is 1. The minimum atomic E-state index is -0.438. The summed E-state index contributed by atoms with van der Waals surface area (Å²) in [4.78, 5) is 25.2. The van der Waals surface area contributed by atoms with E-state index in [-0.39, 0.29) is 23.7 Å². The Balaban J connectivity index is 1.62. The number of ketones is 1.